The van der Waals surface area contributed by atoms with E-state index in [1.54, 1.807) is 12.1 Å². The largest absolute Gasteiger partial charge is 0.366 e. The van der Waals surface area contributed by atoms with E-state index in [4.69, 9.17) is 5.14 Å². The van der Waals surface area contributed by atoms with Gasteiger partial charge < -0.3 is 5.32 Å². The van der Waals surface area contributed by atoms with Crippen LogP contribution in [0.5, 0.6) is 0 Å². The first-order valence-electron chi connectivity index (χ1n) is 5.28. The Labute approximate surface area is 109 Å². The van der Waals surface area contributed by atoms with E-state index in [2.05, 4.69) is 15.3 Å². The number of rotatable bonds is 4. The van der Waals surface area contributed by atoms with Crippen molar-refractivity contribution in [3.63, 3.8) is 0 Å². The van der Waals surface area contributed by atoms with E-state index >= 15 is 0 Å². The maximum Gasteiger partial charge on any atom is 0.238 e. The summed E-state index contributed by atoms with van der Waals surface area (Å²) in [6.07, 6.45) is 1.11. The number of nitrogens with two attached hydrogens (primary N) is 1. The molecule has 0 bridgehead atoms. The molecular formula is C11H11FN4O2S. The van der Waals surface area contributed by atoms with Crippen LogP contribution in [0, 0.1) is 5.95 Å². The molecule has 100 valence electrons. The SMILES string of the molecule is NS(=O)(=O)c1ccc(CNc2cc(F)ncn2)cc1. The second kappa shape index (κ2) is 5.29. The molecule has 0 saturated carbocycles. The monoisotopic (exact) mass is 282 g/mol. The van der Waals surface area contributed by atoms with E-state index in [1.165, 1.54) is 18.2 Å². The van der Waals surface area contributed by atoms with E-state index in [1.807, 2.05) is 0 Å². The molecule has 0 aliphatic rings. The van der Waals surface area contributed by atoms with Gasteiger partial charge in [-0.15, -0.1) is 0 Å². The average Bonchev–Trinajstić information content (AvgIpc) is 2.36. The molecule has 1 aromatic heterocycles. The van der Waals surface area contributed by atoms with Crippen LogP contribution in [0.1, 0.15) is 5.56 Å². The molecular weight excluding hydrogens is 271 g/mol. The maximum atomic E-state index is 12.8. The van der Waals surface area contributed by atoms with Gasteiger partial charge in [0.2, 0.25) is 16.0 Å². The Balaban J connectivity index is 2.05. The molecule has 8 heteroatoms. The fourth-order valence-electron chi connectivity index (χ4n) is 1.42. The van der Waals surface area contributed by atoms with Crippen LogP contribution >= 0.6 is 0 Å². The summed E-state index contributed by atoms with van der Waals surface area (Å²) in [6, 6.07) is 7.22. The first-order valence-corrected chi connectivity index (χ1v) is 6.83. The summed E-state index contributed by atoms with van der Waals surface area (Å²) in [5.74, 6) is -0.273. The highest BCUT2D eigenvalue weighted by Crippen LogP contribution is 2.10. The summed E-state index contributed by atoms with van der Waals surface area (Å²) in [4.78, 5) is 7.21. The molecule has 0 fully saturated rings. The summed E-state index contributed by atoms with van der Waals surface area (Å²) in [6.45, 7) is 0.376. The van der Waals surface area contributed by atoms with Crippen molar-refractivity contribution in [3.8, 4) is 0 Å². The van der Waals surface area contributed by atoms with Crippen molar-refractivity contribution < 1.29 is 12.8 Å². The first kappa shape index (κ1) is 13.4. The average molecular weight is 282 g/mol. The molecule has 0 unspecified atom stereocenters. The summed E-state index contributed by atoms with van der Waals surface area (Å²) in [5.41, 5.74) is 0.812. The fraction of sp³-hybridized carbons (Fsp3) is 0.0909. The fourth-order valence-corrected chi connectivity index (χ4v) is 1.94. The summed E-state index contributed by atoms with van der Waals surface area (Å²) >= 11 is 0. The van der Waals surface area contributed by atoms with Crippen LogP contribution in [0.15, 0.2) is 41.6 Å². The van der Waals surface area contributed by atoms with Gasteiger partial charge in [-0.2, -0.15) is 4.39 Å². The number of aromatic nitrogens is 2. The highest BCUT2D eigenvalue weighted by molar-refractivity contribution is 7.89. The molecule has 2 rings (SSSR count). The number of benzene rings is 1. The van der Waals surface area contributed by atoms with Gasteiger partial charge in [0.25, 0.3) is 0 Å². The highest BCUT2D eigenvalue weighted by atomic mass is 32.2. The van der Waals surface area contributed by atoms with Crippen molar-refractivity contribution >= 4 is 15.8 Å². The van der Waals surface area contributed by atoms with Gasteiger partial charge in [-0.05, 0) is 17.7 Å². The molecule has 19 heavy (non-hydrogen) atoms. The molecule has 1 aromatic carbocycles. The van der Waals surface area contributed by atoms with Gasteiger partial charge in [0.15, 0.2) is 0 Å². The van der Waals surface area contributed by atoms with Gasteiger partial charge in [0, 0.05) is 12.6 Å². The molecule has 0 spiro atoms. The number of sulfonamides is 1. The quantitative estimate of drug-likeness (QED) is 0.811. The maximum absolute atomic E-state index is 12.8. The van der Waals surface area contributed by atoms with E-state index in [0.29, 0.717) is 12.4 Å². The molecule has 1 heterocycles. The Bertz CT molecular complexity index is 673. The second-order valence-electron chi connectivity index (χ2n) is 3.77. The van der Waals surface area contributed by atoms with Gasteiger partial charge >= 0.3 is 0 Å². The standard InChI is InChI=1S/C11H11FN4O2S/c12-10-5-11(16-7-15-10)14-6-8-1-3-9(4-2-8)19(13,17)18/h1-5,7H,6H2,(H2,13,17,18)(H,14,15,16). The van der Waals surface area contributed by atoms with Gasteiger partial charge in [-0.25, -0.2) is 23.5 Å². The summed E-state index contributed by atoms with van der Waals surface area (Å²) in [5, 5.41) is 7.87. The van der Waals surface area contributed by atoms with Crippen molar-refractivity contribution in [2.45, 2.75) is 11.4 Å². The van der Waals surface area contributed by atoms with Crippen LogP contribution in [-0.4, -0.2) is 18.4 Å². The Morgan fingerprint density at radius 2 is 1.89 bits per heavy atom. The van der Waals surface area contributed by atoms with Crippen LogP contribution in [0.3, 0.4) is 0 Å². The minimum absolute atomic E-state index is 0.0457. The molecule has 0 radical (unpaired) electrons. The van der Waals surface area contributed by atoms with Gasteiger partial charge in [-0.3, -0.25) is 0 Å². The third kappa shape index (κ3) is 3.70. The van der Waals surface area contributed by atoms with E-state index in [-0.39, 0.29) is 4.90 Å². The minimum atomic E-state index is -3.68. The molecule has 0 aliphatic heterocycles. The van der Waals surface area contributed by atoms with Gasteiger partial charge in [-0.1, -0.05) is 12.1 Å². The zero-order chi connectivity index (χ0) is 13.9. The molecule has 0 amide bonds. The topological polar surface area (TPSA) is 98.0 Å². The predicted molar refractivity (Wildman–Crippen MR) is 67.1 cm³/mol. The number of anilines is 1. The van der Waals surface area contributed by atoms with Gasteiger partial charge in [0.1, 0.15) is 12.1 Å². The zero-order valence-electron chi connectivity index (χ0n) is 9.75. The number of nitrogens with one attached hydrogen (secondary N) is 1. The Morgan fingerprint density at radius 3 is 2.47 bits per heavy atom. The predicted octanol–water partition coefficient (Wildman–Crippen LogP) is 0.875. The van der Waals surface area contributed by atoms with E-state index in [9.17, 15) is 12.8 Å². The number of primary sulfonamides is 1. The normalized spacial score (nSPS) is 11.3. The highest BCUT2D eigenvalue weighted by Gasteiger charge is 2.06. The number of halogens is 1. The van der Waals surface area contributed by atoms with Crippen molar-refractivity contribution in [3.05, 3.63) is 48.2 Å². The number of nitrogens with zero attached hydrogens (tertiary/aromatic N) is 2. The molecule has 6 nitrogen and oxygen atoms in total. The van der Waals surface area contributed by atoms with Crippen molar-refractivity contribution in [2.24, 2.45) is 5.14 Å². The molecule has 0 saturated heterocycles. The van der Waals surface area contributed by atoms with Crippen molar-refractivity contribution in [1.29, 1.82) is 0 Å². The zero-order valence-corrected chi connectivity index (χ0v) is 10.6. The van der Waals surface area contributed by atoms with E-state index < -0.39 is 16.0 Å². The Morgan fingerprint density at radius 1 is 1.21 bits per heavy atom. The van der Waals surface area contributed by atoms with Crippen LogP contribution in [0.2, 0.25) is 0 Å². The lowest BCUT2D eigenvalue weighted by Crippen LogP contribution is -2.12. The van der Waals surface area contributed by atoms with Crippen LogP contribution in [0.4, 0.5) is 10.2 Å². The van der Waals surface area contributed by atoms with E-state index in [0.717, 1.165) is 11.9 Å². The van der Waals surface area contributed by atoms with Gasteiger partial charge in [0.05, 0.1) is 4.90 Å². The van der Waals surface area contributed by atoms with Crippen LogP contribution in [0.25, 0.3) is 0 Å². The summed E-state index contributed by atoms with van der Waals surface area (Å²) in [7, 11) is -3.68. The number of hydrogen-bond acceptors (Lipinski definition) is 5. The Hall–Kier alpha value is -2.06. The molecule has 3 N–H and O–H groups in total. The second-order valence-corrected chi connectivity index (χ2v) is 5.33. The van der Waals surface area contributed by atoms with Crippen molar-refractivity contribution in [1.82, 2.24) is 9.97 Å². The lowest BCUT2D eigenvalue weighted by Gasteiger charge is -2.06. The minimum Gasteiger partial charge on any atom is -0.366 e. The van der Waals surface area contributed by atoms with Crippen LogP contribution < -0.4 is 10.5 Å². The lowest BCUT2D eigenvalue weighted by atomic mass is 10.2. The lowest BCUT2D eigenvalue weighted by molar-refractivity contribution is 0.580. The van der Waals surface area contributed by atoms with Crippen LogP contribution in [-0.2, 0) is 16.6 Å². The molecule has 0 atom stereocenters. The Kier molecular flexibility index (Phi) is 3.72. The third-order valence-corrected chi connectivity index (χ3v) is 3.29. The third-order valence-electron chi connectivity index (χ3n) is 2.36. The summed E-state index contributed by atoms with van der Waals surface area (Å²) < 4.78 is 34.9. The number of hydrogen-bond donors (Lipinski definition) is 2. The molecule has 0 aliphatic carbocycles. The van der Waals surface area contributed by atoms with Crippen molar-refractivity contribution in [2.75, 3.05) is 5.32 Å². The first-order chi connectivity index (χ1) is 8.95. The smallest absolute Gasteiger partial charge is 0.238 e. The molecule has 2 aromatic rings.